The van der Waals surface area contributed by atoms with E-state index < -0.39 is 0 Å². The van der Waals surface area contributed by atoms with E-state index in [1.807, 2.05) is 28.8 Å². The fourth-order valence-electron chi connectivity index (χ4n) is 2.08. The van der Waals surface area contributed by atoms with Crippen molar-refractivity contribution in [3.8, 4) is 0 Å². The first-order chi connectivity index (χ1) is 10.3. The van der Waals surface area contributed by atoms with Crippen molar-refractivity contribution in [1.82, 2.24) is 25.2 Å². The van der Waals surface area contributed by atoms with Crippen molar-refractivity contribution in [3.63, 3.8) is 0 Å². The third-order valence-electron chi connectivity index (χ3n) is 3.09. The fraction of sp³-hybridized carbons (Fsp3) is 0.533. The molecule has 2 aromatic heterocycles. The highest BCUT2D eigenvalue weighted by Gasteiger charge is 2.04. The van der Waals surface area contributed by atoms with E-state index >= 15 is 0 Å². The molecule has 0 saturated heterocycles. The Morgan fingerprint density at radius 1 is 1.23 bits per heavy atom. The number of rotatable bonds is 7. The third kappa shape index (κ3) is 5.43. The van der Waals surface area contributed by atoms with Gasteiger partial charge in [-0.1, -0.05) is 13.0 Å². The Hall–Kier alpha value is -1.38. The van der Waals surface area contributed by atoms with Crippen LogP contribution in [0.4, 0.5) is 0 Å². The van der Waals surface area contributed by atoms with Crippen molar-refractivity contribution in [2.45, 2.75) is 33.1 Å². The molecule has 2 N–H and O–H groups in total. The Morgan fingerprint density at radius 3 is 2.86 bits per heavy atom. The summed E-state index contributed by atoms with van der Waals surface area (Å²) in [6, 6.07) is 5.94. The summed E-state index contributed by atoms with van der Waals surface area (Å²) in [5.41, 5.74) is 0.901. The predicted molar refractivity (Wildman–Crippen MR) is 101 cm³/mol. The molecule has 0 aliphatic heterocycles. The summed E-state index contributed by atoms with van der Waals surface area (Å²) in [6.45, 7) is 6.81. The monoisotopic (exact) mass is 416 g/mol. The zero-order valence-electron chi connectivity index (χ0n) is 13.2. The molecular formula is C15H25IN6. The van der Waals surface area contributed by atoms with Gasteiger partial charge < -0.3 is 10.6 Å². The average molecular weight is 416 g/mol. The molecule has 0 amide bonds. The van der Waals surface area contributed by atoms with E-state index in [1.165, 1.54) is 0 Å². The molecule has 6 nitrogen and oxygen atoms in total. The lowest BCUT2D eigenvalue weighted by molar-refractivity contribution is 0.714. The zero-order valence-corrected chi connectivity index (χ0v) is 15.6. The summed E-state index contributed by atoms with van der Waals surface area (Å²) in [4.78, 5) is 4.48. The Bertz CT molecular complexity index is 580. The largest absolute Gasteiger partial charge is 0.357 e. The molecule has 0 aliphatic carbocycles. The minimum atomic E-state index is 0. The summed E-state index contributed by atoms with van der Waals surface area (Å²) in [6.07, 6.45) is 4.95. The lowest BCUT2D eigenvalue weighted by Crippen LogP contribution is -2.38. The van der Waals surface area contributed by atoms with Crippen LogP contribution in [0, 0.1) is 0 Å². The number of nitrogens with zero attached hydrogens (tertiary/aromatic N) is 4. The molecule has 2 rings (SSSR count). The minimum Gasteiger partial charge on any atom is -0.357 e. The van der Waals surface area contributed by atoms with Gasteiger partial charge in [-0.2, -0.15) is 0 Å². The van der Waals surface area contributed by atoms with Gasteiger partial charge in [-0.25, -0.2) is 0 Å². The maximum Gasteiger partial charge on any atom is 0.191 e. The molecule has 2 heterocycles. The van der Waals surface area contributed by atoms with Gasteiger partial charge in [0, 0.05) is 32.3 Å². The van der Waals surface area contributed by atoms with E-state index in [0.29, 0.717) is 0 Å². The molecule has 7 heteroatoms. The van der Waals surface area contributed by atoms with E-state index in [9.17, 15) is 0 Å². The SMILES string of the molecule is CCCN=C(NCC)NCCCc1nnc2ccccn12.I. The van der Waals surface area contributed by atoms with Crippen LogP contribution in [0.1, 0.15) is 32.5 Å². The normalized spacial score (nSPS) is 11.3. The second-order valence-electron chi connectivity index (χ2n) is 4.84. The number of guanidine groups is 1. The number of nitrogens with one attached hydrogen (secondary N) is 2. The smallest absolute Gasteiger partial charge is 0.191 e. The summed E-state index contributed by atoms with van der Waals surface area (Å²) in [5.74, 6) is 1.90. The summed E-state index contributed by atoms with van der Waals surface area (Å²) in [7, 11) is 0. The highest BCUT2D eigenvalue weighted by atomic mass is 127. The van der Waals surface area contributed by atoms with Crippen molar-refractivity contribution in [2.24, 2.45) is 4.99 Å². The predicted octanol–water partition coefficient (Wildman–Crippen LogP) is 2.25. The summed E-state index contributed by atoms with van der Waals surface area (Å²) < 4.78 is 2.04. The summed E-state index contributed by atoms with van der Waals surface area (Å²) >= 11 is 0. The van der Waals surface area contributed by atoms with Gasteiger partial charge in [0.05, 0.1) is 0 Å². The van der Waals surface area contributed by atoms with E-state index in [-0.39, 0.29) is 24.0 Å². The minimum absolute atomic E-state index is 0. The molecule has 2 aromatic rings. The van der Waals surface area contributed by atoms with Crippen LogP contribution in [0.15, 0.2) is 29.4 Å². The lowest BCUT2D eigenvalue weighted by atomic mass is 10.3. The fourth-order valence-corrected chi connectivity index (χ4v) is 2.08. The summed E-state index contributed by atoms with van der Waals surface area (Å²) in [5, 5.41) is 15.0. The molecule has 22 heavy (non-hydrogen) atoms. The molecule has 0 spiro atoms. The van der Waals surface area contributed by atoms with E-state index in [0.717, 1.165) is 56.3 Å². The van der Waals surface area contributed by atoms with E-state index in [1.54, 1.807) is 0 Å². The first-order valence-corrected chi connectivity index (χ1v) is 7.66. The number of aryl methyl sites for hydroxylation is 1. The highest BCUT2D eigenvalue weighted by Crippen LogP contribution is 2.04. The second-order valence-corrected chi connectivity index (χ2v) is 4.84. The number of fused-ring (bicyclic) bond motifs is 1. The molecule has 0 unspecified atom stereocenters. The van der Waals surface area contributed by atoms with Gasteiger partial charge in [-0.3, -0.25) is 9.39 Å². The van der Waals surface area contributed by atoms with Gasteiger partial charge in [0.2, 0.25) is 0 Å². The van der Waals surface area contributed by atoms with Gasteiger partial charge in [-0.15, -0.1) is 34.2 Å². The molecular weight excluding hydrogens is 391 g/mol. The van der Waals surface area contributed by atoms with Crippen LogP contribution in [-0.4, -0.2) is 40.2 Å². The van der Waals surface area contributed by atoms with Crippen LogP contribution < -0.4 is 10.6 Å². The van der Waals surface area contributed by atoms with Gasteiger partial charge >= 0.3 is 0 Å². The standard InChI is InChI=1S/C15H24N6.HI/c1-3-10-17-15(16-4-2)18-11-7-9-14-20-19-13-8-5-6-12-21(13)14;/h5-6,8,12H,3-4,7,9-11H2,1-2H3,(H2,16,17,18);1H. The molecule has 0 aliphatic rings. The van der Waals surface area contributed by atoms with Crippen LogP contribution in [0.25, 0.3) is 5.65 Å². The number of hydrogen-bond donors (Lipinski definition) is 2. The van der Waals surface area contributed by atoms with Crippen LogP contribution in [0.2, 0.25) is 0 Å². The van der Waals surface area contributed by atoms with Crippen molar-refractivity contribution in [2.75, 3.05) is 19.6 Å². The lowest BCUT2D eigenvalue weighted by Gasteiger charge is -2.10. The van der Waals surface area contributed by atoms with Gasteiger partial charge in [0.15, 0.2) is 11.6 Å². The zero-order chi connectivity index (χ0) is 14.9. The maximum absolute atomic E-state index is 4.48. The van der Waals surface area contributed by atoms with Crippen molar-refractivity contribution in [3.05, 3.63) is 30.2 Å². The number of pyridine rings is 1. The van der Waals surface area contributed by atoms with Crippen LogP contribution in [0.3, 0.4) is 0 Å². The molecule has 0 bridgehead atoms. The highest BCUT2D eigenvalue weighted by molar-refractivity contribution is 14.0. The topological polar surface area (TPSA) is 66.6 Å². The Labute approximate surface area is 148 Å². The number of halogens is 1. The van der Waals surface area contributed by atoms with Crippen LogP contribution in [-0.2, 0) is 6.42 Å². The van der Waals surface area contributed by atoms with Crippen LogP contribution in [0.5, 0.6) is 0 Å². The Balaban J connectivity index is 0.00000242. The molecule has 0 fully saturated rings. The van der Waals surface area contributed by atoms with Crippen molar-refractivity contribution in [1.29, 1.82) is 0 Å². The Kier molecular flexibility index (Phi) is 8.79. The molecule has 0 aromatic carbocycles. The van der Waals surface area contributed by atoms with Gasteiger partial charge in [-0.05, 0) is 31.9 Å². The van der Waals surface area contributed by atoms with E-state index in [2.05, 4.69) is 39.7 Å². The maximum atomic E-state index is 4.48. The molecule has 0 saturated carbocycles. The quantitative estimate of drug-likeness (QED) is 0.315. The third-order valence-corrected chi connectivity index (χ3v) is 3.09. The molecule has 0 radical (unpaired) electrons. The van der Waals surface area contributed by atoms with Crippen molar-refractivity contribution >= 4 is 35.6 Å². The first kappa shape index (κ1) is 18.7. The second kappa shape index (κ2) is 10.4. The van der Waals surface area contributed by atoms with Crippen molar-refractivity contribution < 1.29 is 0 Å². The average Bonchev–Trinajstić information content (AvgIpc) is 2.92. The van der Waals surface area contributed by atoms with E-state index in [4.69, 9.17) is 0 Å². The molecule has 0 atom stereocenters. The number of hydrogen-bond acceptors (Lipinski definition) is 3. The Morgan fingerprint density at radius 2 is 2.09 bits per heavy atom. The molecule has 122 valence electrons. The van der Waals surface area contributed by atoms with Gasteiger partial charge in [0.25, 0.3) is 0 Å². The van der Waals surface area contributed by atoms with Crippen LogP contribution >= 0.6 is 24.0 Å². The number of aliphatic imine (C=N–C) groups is 1. The first-order valence-electron chi connectivity index (χ1n) is 7.66. The number of aromatic nitrogens is 3. The van der Waals surface area contributed by atoms with Gasteiger partial charge in [0.1, 0.15) is 5.82 Å².